The minimum Gasteiger partial charge on any atom is -0.0734 e. The third-order valence-corrected chi connectivity index (χ3v) is 4.32. The van der Waals surface area contributed by atoms with Crippen LogP contribution in [0, 0.1) is 5.92 Å². The predicted octanol–water partition coefficient (Wildman–Crippen LogP) is 6.28. The SMILES string of the molecule is CC(C)C=C1c2cc(Br)ccc2-c2ccc(Br)cc21. The fourth-order valence-corrected chi connectivity index (χ4v) is 3.33. The fraction of sp³-hybridized carbons (Fsp3) is 0.176. The zero-order valence-electron chi connectivity index (χ0n) is 10.9. The average Bonchev–Trinajstić information content (AvgIpc) is 2.62. The molecule has 0 saturated heterocycles. The van der Waals surface area contributed by atoms with Crippen LogP contribution in [0.1, 0.15) is 25.0 Å². The summed E-state index contributed by atoms with van der Waals surface area (Å²) in [4.78, 5) is 0. The first kappa shape index (κ1) is 13.1. The van der Waals surface area contributed by atoms with E-state index in [2.05, 4.69) is 88.2 Å². The number of hydrogen-bond acceptors (Lipinski definition) is 0. The molecular formula is C17H14Br2. The molecule has 0 amide bonds. The van der Waals surface area contributed by atoms with Crippen LogP contribution >= 0.6 is 31.9 Å². The zero-order valence-corrected chi connectivity index (χ0v) is 14.0. The highest BCUT2D eigenvalue weighted by Gasteiger charge is 2.23. The molecule has 3 rings (SSSR count). The van der Waals surface area contributed by atoms with Crippen LogP contribution in [-0.4, -0.2) is 0 Å². The van der Waals surface area contributed by atoms with E-state index in [0.29, 0.717) is 5.92 Å². The standard InChI is InChI=1S/C17H14Br2/c1-10(2)7-15-16-8-11(18)3-5-13(16)14-6-4-12(19)9-17(14)15/h3-10H,1-2H3. The second kappa shape index (κ2) is 4.92. The molecule has 0 bridgehead atoms. The highest BCUT2D eigenvalue weighted by atomic mass is 79.9. The third-order valence-electron chi connectivity index (χ3n) is 3.33. The molecule has 0 N–H and O–H groups in total. The van der Waals surface area contributed by atoms with E-state index < -0.39 is 0 Å². The van der Waals surface area contributed by atoms with Crippen molar-refractivity contribution in [2.45, 2.75) is 13.8 Å². The van der Waals surface area contributed by atoms with Gasteiger partial charge in [0.15, 0.2) is 0 Å². The maximum absolute atomic E-state index is 3.58. The van der Waals surface area contributed by atoms with Crippen molar-refractivity contribution >= 4 is 37.4 Å². The lowest BCUT2D eigenvalue weighted by Crippen LogP contribution is -1.87. The minimum absolute atomic E-state index is 0.534. The number of benzene rings is 2. The Morgan fingerprint density at radius 3 is 1.68 bits per heavy atom. The van der Waals surface area contributed by atoms with Gasteiger partial charge in [-0.1, -0.05) is 63.9 Å². The van der Waals surface area contributed by atoms with Gasteiger partial charge in [0.1, 0.15) is 0 Å². The molecule has 0 aliphatic heterocycles. The summed E-state index contributed by atoms with van der Waals surface area (Å²) in [7, 11) is 0. The van der Waals surface area contributed by atoms with E-state index in [1.807, 2.05) is 0 Å². The van der Waals surface area contributed by atoms with Crippen molar-refractivity contribution in [3.63, 3.8) is 0 Å². The Hall–Kier alpha value is -0.860. The molecule has 0 unspecified atom stereocenters. The second-order valence-corrected chi connectivity index (χ2v) is 7.04. The van der Waals surface area contributed by atoms with Crippen LogP contribution in [0.5, 0.6) is 0 Å². The van der Waals surface area contributed by atoms with Gasteiger partial charge >= 0.3 is 0 Å². The molecule has 2 heteroatoms. The smallest absolute Gasteiger partial charge is 0.0181 e. The van der Waals surface area contributed by atoms with Crippen molar-refractivity contribution in [1.82, 2.24) is 0 Å². The van der Waals surface area contributed by atoms with Crippen molar-refractivity contribution in [3.05, 3.63) is 62.5 Å². The van der Waals surface area contributed by atoms with E-state index in [-0.39, 0.29) is 0 Å². The maximum Gasteiger partial charge on any atom is 0.0181 e. The molecular weight excluding hydrogens is 364 g/mol. The van der Waals surface area contributed by atoms with Gasteiger partial charge in [0, 0.05) is 8.95 Å². The summed E-state index contributed by atoms with van der Waals surface area (Å²) < 4.78 is 2.26. The first-order valence-electron chi connectivity index (χ1n) is 6.38. The van der Waals surface area contributed by atoms with Gasteiger partial charge in [-0.3, -0.25) is 0 Å². The second-order valence-electron chi connectivity index (χ2n) is 5.20. The monoisotopic (exact) mass is 376 g/mol. The summed E-state index contributed by atoms with van der Waals surface area (Å²) in [5.41, 5.74) is 6.67. The molecule has 0 aromatic heterocycles. The molecule has 1 aliphatic carbocycles. The predicted molar refractivity (Wildman–Crippen MR) is 89.2 cm³/mol. The van der Waals surface area contributed by atoms with Crippen molar-refractivity contribution in [2.75, 3.05) is 0 Å². The van der Waals surface area contributed by atoms with Crippen molar-refractivity contribution < 1.29 is 0 Å². The summed E-state index contributed by atoms with van der Waals surface area (Å²) in [6, 6.07) is 13.1. The Labute approximate surface area is 130 Å². The van der Waals surface area contributed by atoms with Gasteiger partial charge in [-0.25, -0.2) is 0 Å². The largest absolute Gasteiger partial charge is 0.0734 e. The average molecular weight is 378 g/mol. The number of halogens is 2. The quantitative estimate of drug-likeness (QED) is 0.468. The van der Waals surface area contributed by atoms with Crippen LogP contribution < -0.4 is 0 Å². The van der Waals surface area contributed by atoms with Crippen molar-refractivity contribution in [2.24, 2.45) is 5.92 Å². The lowest BCUT2D eigenvalue weighted by molar-refractivity contribution is 0.834. The summed E-state index contributed by atoms with van der Waals surface area (Å²) in [5, 5.41) is 0. The third kappa shape index (κ3) is 2.32. The molecule has 1 aliphatic rings. The molecule has 19 heavy (non-hydrogen) atoms. The molecule has 0 spiro atoms. The van der Waals surface area contributed by atoms with E-state index in [1.165, 1.54) is 27.8 Å². The van der Waals surface area contributed by atoms with Gasteiger partial charge in [0.25, 0.3) is 0 Å². The van der Waals surface area contributed by atoms with E-state index in [1.54, 1.807) is 0 Å². The lowest BCUT2D eigenvalue weighted by Gasteiger charge is -2.06. The molecule has 0 nitrogen and oxygen atoms in total. The number of fused-ring (bicyclic) bond motifs is 3. The van der Waals surface area contributed by atoms with E-state index in [0.717, 1.165) is 8.95 Å². The first-order chi connectivity index (χ1) is 9.06. The molecule has 0 radical (unpaired) electrons. The normalized spacial score (nSPS) is 12.6. The van der Waals surface area contributed by atoms with E-state index >= 15 is 0 Å². The molecule has 2 aromatic carbocycles. The lowest BCUT2D eigenvalue weighted by atomic mass is 10.0. The Bertz CT molecular complexity index is 628. The summed E-state index contributed by atoms with van der Waals surface area (Å²) in [6.07, 6.45) is 2.35. The summed E-state index contributed by atoms with van der Waals surface area (Å²) >= 11 is 7.16. The van der Waals surface area contributed by atoms with E-state index in [9.17, 15) is 0 Å². The number of rotatable bonds is 1. The summed E-state index contributed by atoms with van der Waals surface area (Å²) in [6.45, 7) is 4.45. The molecule has 0 saturated carbocycles. The highest BCUT2D eigenvalue weighted by molar-refractivity contribution is 9.10. The zero-order chi connectivity index (χ0) is 13.6. The van der Waals surface area contributed by atoms with Crippen LogP contribution in [0.2, 0.25) is 0 Å². The van der Waals surface area contributed by atoms with Crippen LogP contribution in [0.25, 0.3) is 16.7 Å². The molecule has 2 aromatic rings. The molecule has 0 atom stereocenters. The van der Waals surface area contributed by atoms with Gasteiger partial charge in [-0.05, 0) is 58.0 Å². The number of allylic oxidation sites excluding steroid dienone is 1. The summed E-state index contributed by atoms with van der Waals surface area (Å²) in [5.74, 6) is 0.534. The van der Waals surface area contributed by atoms with E-state index in [4.69, 9.17) is 0 Å². The van der Waals surface area contributed by atoms with Crippen LogP contribution in [0.3, 0.4) is 0 Å². The Morgan fingerprint density at radius 2 is 1.26 bits per heavy atom. The molecule has 0 fully saturated rings. The highest BCUT2D eigenvalue weighted by Crippen LogP contribution is 2.46. The Kier molecular flexibility index (Phi) is 3.40. The van der Waals surface area contributed by atoms with Crippen molar-refractivity contribution in [1.29, 1.82) is 0 Å². The van der Waals surface area contributed by atoms with Gasteiger partial charge in [0.2, 0.25) is 0 Å². The van der Waals surface area contributed by atoms with Gasteiger partial charge in [-0.2, -0.15) is 0 Å². The maximum atomic E-state index is 3.58. The minimum atomic E-state index is 0.534. The Morgan fingerprint density at radius 1 is 0.789 bits per heavy atom. The van der Waals surface area contributed by atoms with Gasteiger partial charge < -0.3 is 0 Å². The van der Waals surface area contributed by atoms with Crippen LogP contribution in [0.4, 0.5) is 0 Å². The number of hydrogen-bond donors (Lipinski definition) is 0. The van der Waals surface area contributed by atoms with Crippen LogP contribution in [-0.2, 0) is 0 Å². The van der Waals surface area contributed by atoms with Gasteiger partial charge in [-0.15, -0.1) is 0 Å². The first-order valence-corrected chi connectivity index (χ1v) is 7.97. The topological polar surface area (TPSA) is 0 Å². The Balaban J connectivity index is 2.32. The van der Waals surface area contributed by atoms with Crippen molar-refractivity contribution in [3.8, 4) is 11.1 Å². The van der Waals surface area contributed by atoms with Gasteiger partial charge in [0.05, 0.1) is 0 Å². The molecule has 96 valence electrons. The van der Waals surface area contributed by atoms with Crippen LogP contribution in [0.15, 0.2) is 51.4 Å². The fourth-order valence-electron chi connectivity index (χ4n) is 2.61. The molecule has 0 heterocycles.